The number of nitrogens with zero attached hydrogens (tertiary/aromatic N) is 4. The first-order valence-electron chi connectivity index (χ1n) is 10.5. The molecule has 0 radical (unpaired) electrons. The van der Waals surface area contributed by atoms with E-state index in [4.69, 9.17) is 14.6 Å². The SMILES string of the molecule is COc1cc2c(cc1-c1cscn1)-c1c(c(C(=O)N(C)C(C)(C)C)nn1-c1ccsc1)CO2. The summed E-state index contributed by atoms with van der Waals surface area (Å²) in [6.45, 7) is 6.27. The molecule has 0 fully saturated rings. The number of rotatable bonds is 4. The first kappa shape index (κ1) is 21.7. The number of carbonyl (C=O) groups is 1. The lowest BCUT2D eigenvalue weighted by Crippen LogP contribution is -2.43. The molecule has 0 saturated heterocycles. The van der Waals surface area contributed by atoms with Gasteiger partial charge in [-0.1, -0.05) is 0 Å². The van der Waals surface area contributed by atoms with Gasteiger partial charge in [0.15, 0.2) is 5.69 Å². The lowest BCUT2D eigenvalue weighted by Gasteiger charge is -2.31. The van der Waals surface area contributed by atoms with E-state index in [0.29, 0.717) is 17.2 Å². The van der Waals surface area contributed by atoms with Gasteiger partial charge in [-0.3, -0.25) is 4.79 Å². The minimum absolute atomic E-state index is 0.131. The molecule has 1 amide bonds. The Bertz CT molecular complexity index is 1320. The van der Waals surface area contributed by atoms with Crippen molar-refractivity contribution in [2.75, 3.05) is 14.2 Å². The maximum absolute atomic E-state index is 13.5. The van der Waals surface area contributed by atoms with Gasteiger partial charge in [-0.05, 0) is 38.3 Å². The number of amides is 1. The van der Waals surface area contributed by atoms with Crippen LogP contribution in [-0.4, -0.2) is 45.3 Å². The zero-order valence-electron chi connectivity index (χ0n) is 19.1. The fraction of sp³-hybridized carbons (Fsp3) is 0.292. The number of thiophene rings is 1. The number of carbonyl (C=O) groups excluding carboxylic acids is 1. The Hall–Kier alpha value is -3.17. The highest BCUT2D eigenvalue weighted by molar-refractivity contribution is 7.08. The van der Waals surface area contributed by atoms with Crippen LogP contribution in [0.5, 0.6) is 11.5 Å². The van der Waals surface area contributed by atoms with E-state index in [1.165, 1.54) is 11.3 Å². The van der Waals surface area contributed by atoms with Crippen molar-refractivity contribution in [3.05, 3.63) is 51.1 Å². The number of ether oxygens (including phenoxy) is 2. The largest absolute Gasteiger partial charge is 0.496 e. The number of fused-ring (bicyclic) bond motifs is 3. The van der Waals surface area contributed by atoms with Crippen LogP contribution in [0.2, 0.25) is 0 Å². The van der Waals surface area contributed by atoms with Crippen LogP contribution in [0.15, 0.2) is 39.8 Å². The van der Waals surface area contributed by atoms with Crippen LogP contribution >= 0.6 is 22.7 Å². The van der Waals surface area contributed by atoms with E-state index in [1.54, 1.807) is 35.9 Å². The summed E-state index contributed by atoms with van der Waals surface area (Å²) in [5.74, 6) is 1.25. The zero-order valence-corrected chi connectivity index (χ0v) is 20.7. The van der Waals surface area contributed by atoms with Crippen molar-refractivity contribution < 1.29 is 14.3 Å². The number of aromatic nitrogens is 3. The van der Waals surface area contributed by atoms with Gasteiger partial charge in [0.2, 0.25) is 0 Å². The lowest BCUT2D eigenvalue weighted by molar-refractivity contribution is 0.0646. The number of hydrogen-bond donors (Lipinski definition) is 0. The Morgan fingerprint density at radius 3 is 2.67 bits per heavy atom. The second-order valence-corrected chi connectivity index (χ2v) is 10.3. The molecule has 0 bridgehead atoms. The highest BCUT2D eigenvalue weighted by Crippen LogP contribution is 2.46. The number of methoxy groups -OCH3 is 1. The van der Waals surface area contributed by atoms with Crippen LogP contribution in [0.1, 0.15) is 36.8 Å². The normalized spacial score (nSPS) is 12.6. The van der Waals surface area contributed by atoms with E-state index >= 15 is 0 Å². The summed E-state index contributed by atoms with van der Waals surface area (Å²) in [7, 11) is 3.45. The quantitative estimate of drug-likeness (QED) is 0.386. The Morgan fingerprint density at radius 2 is 2.03 bits per heavy atom. The van der Waals surface area contributed by atoms with Crippen molar-refractivity contribution in [3.8, 4) is 39.7 Å². The van der Waals surface area contributed by atoms with Gasteiger partial charge < -0.3 is 14.4 Å². The molecule has 5 rings (SSSR count). The average molecular weight is 481 g/mol. The van der Waals surface area contributed by atoms with Gasteiger partial charge in [0.1, 0.15) is 18.1 Å². The third-order valence-electron chi connectivity index (χ3n) is 5.88. The Morgan fingerprint density at radius 1 is 1.21 bits per heavy atom. The van der Waals surface area contributed by atoms with Crippen molar-refractivity contribution in [1.82, 2.24) is 19.7 Å². The predicted octanol–water partition coefficient (Wildman–Crippen LogP) is 5.50. The minimum atomic E-state index is -0.339. The van der Waals surface area contributed by atoms with E-state index in [0.717, 1.165) is 33.8 Å². The van der Waals surface area contributed by atoms with Crippen molar-refractivity contribution in [3.63, 3.8) is 0 Å². The molecule has 4 heterocycles. The molecule has 170 valence electrons. The van der Waals surface area contributed by atoms with Gasteiger partial charge in [0.05, 0.1) is 29.7 Å². The molecule has 4 aromatic rings. The van der Waals surface area contributed by atoms with Gasteiger partial charge in [-0.25, -0.2) is 9.67 Å². The van der Waals surface area contributed by atoms with Gasteiger partial charge in [0, 0.05) is 46.1 Å². The van der Waals surface area contributed by atoms with Gasteiger partial charge in [-0.15, -0.1) is 11.3 Å². The van der Waals surface area contributed by atoms with Crippen LogP contribution in [0.25, 0.3) is 28.2 Å². The maximum Gasteiger partial charge on any atom is 0.274 e. The van der Waals surface area contributed by atoms with Gasteiger partial charge in [-0.2, -0.15) is 16.4 Å². The number of benzene rings is 1. The van der Waals surface area contributed by atoms with Gasteiger partial charge in [0.25, 0.3) is 5.91 Å². The second kappa shape index (κ2) is 8.00. The molecule has 0 aliphatic carbocycles. The first-order chi connectivity index (χ1) is 15.8. The third-order valence-corrected chi connectivity index (χ3v) is 7.14. The molecule has 0 saturated carbocycles. The van der Waals surface area contributed by atoms with Crippen LogP contribution < -0.4 is 9.47 Å². The molecule has 3 aromatic heterocycles. The monoisotopic (exact) mass is 480 g/mol. The molecular weight excluding hydrogens is 456 g/mol. The Labute approximate surface area is 200 Å². The van der Waals surface area contributed by atoms with Crippen LogP contribution in [0.3, 0.4) is 0 Å². The molecule has 1 aromatic carbocycles. The fourth-order valence-electron chi connectivity index (χ4n) is 3.79. The van der Waals surface area contributed by atoms with Crippen LogP contribution in [0, 0.1) is 0 Å². The Kier molecular flexibility index (Phi) is 5.25. The lowest BCUT2D eigenvalue weighted by atomic mass is 9.97. The highest BCUT2D eigenvalue weighted by atomic mass is 32.1. The standard InChI is InChI=1S/C24H24N4O3S2/c1-24(2,3)27(4)23(29)21-17-10-31-20-9-19(30-5)15(18-12-33-13-25-18)8-16(20)22(17)28(26-21)14-6-7-32-11-14/h6-9,11-13H,10H2,1-5H3. The topological polar surface area (TPSA) is 69.5 Å². The molecule has 1 aliphatic heterocycles. The number of thiazole rings is 1. The van der Waals surface area contributed by atoms with E-state index in [9.17, 15) is 4.79 Å². The molecule has 0 N–H and O–H groups in total. The van der Waals surface area contributed by atoms with Crippen molar-refractivity contribution in [1.29, 1.82) is 0 Å². The van der Waals surface area contributed by atoms with Crippen LogP contribution in [-0.2, 0) is 6.61 Å². The van der Waals surface area contributed by atoms with Crippen molar-refractivity contribution in [2.24, 2.45) is 0 Å². The average Bonchev–Trinajstić information content (AvgIpc) is 3.56. The van der Waals surface area contributed by atoms with Gasteiger partial charge >= 0.3 is 0 Å². The Balaban J connectivity index is 1.75. The van der Waals surface area contributed by atoms with E-state index in [-0.39, 0.29) is 18.1 Å². The second-order valence-electron chi connectivity index (χ2n) is 8.82. The van der Waals surface area contributed by atoms with E-state index in [1.807, 2.05) is 59.8 Å². The van der Waals surface area contributed by atoms with Crippen molar-refractivity contribution in [2.45, 2.75) is 32.9 Å². The summed E-state index contributed by atoms with van der Waals surface area (Å²) in [6.07, 6.45) is 0. The molecule has 7 nitrogen and oxygen atoms in total. The number of hydrogen-bond acceptors (Lipinski definition) is 7. The molecule has 0 unspecified atom stereocenters. The maximum atomic E-state index is 13.5. The third kappa shape index (κ3) is 3.61. The molecule has 1 aliphatic rings. The minimum Gasteiger partial charge on any atom is -0.496 e. The summed E-state index contributed by atoms with van der Waals surface area (Å²) < 4.78 is 13.6. The first-order valence-corrected chi connectivity index (χ1v) is 12.3. The smallest absolute Gasteiger partial charge is 0.274 e. The highest BCUT2D eigenvalue weighted by Gasteiger charge is 2.34. The summed E-state index contributed by atoms with van der Waals surface area (Å²) in [6, 6.07) is 5.91. The summed E-state index contributed by atoms with van der Waals surface area (Å²) in [4.78, 5) is 19.7. The molecular formula is C24H24N4O3S2. The van der Waals surface area contributed by atoms with Crippen LogP contribution in [0.4, 0.5) is 0 Å². The van der Waals surface area contributed by atoms with E-state index in [2.05, 4.69) is 4.98 Å². The summed E-state index contributed by atoms with van der Waals surface area (Å²) >= 11 is 3.11. The van der Waals surface area contributed by atoms with Crippen molar-refractivity contribution >= 4 is 28.6 Å². The molecule has 9 heteroatoms. The molecule has 0 atom stereocenters. The molecule has 0 spiro atoms. The van der Waals surface area contributed by atoms with E-state index < -0.39 is 0 Å². The zero-order chi connectivity index (χ0) is 23.3. The fourth-order valence-corrected chi connectivity index (χ4v) is 4.96. The summed E-state index contributed by atoms with van der Waals surface area (Å²) in [5, 5.41) is 10.8. The molecule has 33 heavy (non-hydrogen) atoms. The summed E-state index contributed by atoms with van der Waals surface area (Å²) in [5.41, 5.74) is 6.97. The predicted molar refractivity (Wildman–Crippen MR) is 131 cm³/mol.